The van der Waals surface area contributed by atoms with E-state index < -0.39 is 0 Å². The first kappa shape index (κ1) is 14.8. The van der Waals surface area contributed by atoms with E-state index in [-0.39, 0.29) is 16.7 Å². The van der Waals surface area contributed by atoms with Gasteiger partial charge in [0.25, 0.3) is 5.69 Å². The Hall–Kier alpha value is -1.23. The van der Waals surface area contributed by atoms with Crippen molar-refractivity contribution >= 4 is 23.1 Å². The predicted molar refractivity (Wildman–Crippen MR) is 78.5 cm³/mol. The molecule has 0 spiro atoms. The van der Waals surface area contributed by atoms with Gasteiger partial charge in [0.2, 0.25) is 0 Å². The van der Waals surface area contributed by atoms with E-state index in [4.69, 9.17) is 0 Å². The number of rotatable bonds is 7. The number of thioether (sulfide) groups is 1. The van der Waals surface area contributed by atoms with E-state index in [1.165, 1.54) is 0 Å². The van der Waals surface area contributed by atoms with Crippen molar-refractivity contribution in [3.05, 3.63) is 33.9 Å². The van der Waals surface area contributed by atoms with Crippen molar-refractivity contribution in [1.82, 2.24) is 0 Å². The molecule has 1 aromatic rings. The van der Waals surface area contributed by atoms with E-state index in [2.05, 4.69) is 19.2 Å². The fourth-order valence-corrected chi connectivity index (χ4v) is 2.57. The lowest BCUT2D eigenvalue weighted by Gasteiger charge is -2.15. The average molecular weight is 268 g/mol. The molecule has 4 nitrogen and oxygen atoms in total. The monoisotopic (exact) mass is 268 g/mol. The van der Waals surface area contributed by atoms with Crippen LogP contribution in [0, 0.1) is 17.0 Å². The third kappa shape index (κ3) is 4.22. The highest BCUT2D eigenvalue weighted by Gasteiger charge is 2.17. The van der Waals surface area contributed by atoms with Crippen LogP contribution < -0.4 is 5.32 Å². The van der Waals surface area contributed by atoms with Crippen LogP contribution in [0.1, 0.15) is 25.8 Å². The van der Waals surface area contributed by atoms with Crippen LogP contribution in [0.5, 0.6) is 0 Å². The second-order valence-electron chi connectivity index (χ2n) is 4.26. The highest BCUT2D eigenvalue weighted by Crippen LogP contribution is 2.28. The fourth-order valence-electron chi connectivity index (χ4n) is 1.76. The predicted octanol–water partition coefficient (Wildman–Crippen LogP) is 3.85. The molecule has 0 saturated carbocycles. The molecule has 0 aromatic heterocycles. The summed E-state index contributed by atoms with van der Waals surface area (Å²) in [5, 5.41) is 14.3. The number of aryl methyl sites for hydroxylation is 1. The summed E-state index contributed by atoms with van der Waals surface area (Å²) in [5.41, 5.74) is 1.50. The molecule has 100 valence electrons. The Morgan fingerprint density at radius 3 is 2.83 bits per heavy atom. The topological polar surface area (TPSA) is 55.2 Å². The maximum Gasteiger partial charge on any atom is 0.295 e. The van der Waals surface area contributed by atoms with Gasteiger partial charge in [-0.2, -0.15) is 11.8 Å². The molecule has 0 bridgehead atoms. The first-order valence-electron chi connectivity index (χ1n) is 6.14. The van der Waals surface area contributed by atoms with Gasteiger partial charge in [0.15, 0.2) is 0 Å². The van der Waals surface area contributed by atoms with E-state index in [0.717, 1.165) is 17.9 Å². The Kier molecular flexibility index (Phi) is 5.98. The number of para-hydroxylation sites is 1. The van der Waals surface area contributed by atoms with Gasteiger partial charge in [0, 0.05) is 11.6 Å². The summed E-state index contributed by atoms with van der Waals surface area (Å²) in [6, 6.07) is 5.62. The van der Waals surface area contributed by atoms with E-state index >= 15 is 0 Å². The van der Waals surface area contributed by atoms with Crippen LogP contribution in [0.3, 0.4) is 0 Å². The Morgan fingerprint density at radius 1 is 1.50 bits per heavy atom. The van der Waals surface area contributed by atoms with E-state index in [9.17, 15) is 10.1 Å². The lowest BCUT2D eigenvalue weighted by atomic mass is 10.1. The van der Waals surface area contributed by atoms with E-state index in [0.29, 0.717) is 11.3 Å². The standard InChI is InChI=1S/C13H20N2O2S/c1-4-18-9-8-11(3)14-12-7-5-6-10(2)13(12)15(16)17/h5-7,11,14H,4,8-9H2,1-3H3. The van der Waals surface area contributed by atoms with Crippen molar-refractivity contribution < 1.29 is 4.92 Å². The molecule has 0 heterocycles. The van der Waals surface area contributed by atoms with Gasteiger partial charge in [0.1, 0.15) is 5.69 Å². The van der Waals surface area contributed by atoms with Crippen molar-refractivity contribution in [3.8, 4) is 0 Å². The SMILES string of the molecule is CCSCCC(C)Nc1cccc(C)c1[N+](=O)[O-]. The quantitative estimate of drug-likeness (QED) is 0.463. The minimum atomic E-state index is -0.314. The highest BCUT2D eigenvalue weighted by atomic mass is 32.2. The first-order valence-corrected chi connectivity index (χ1v) is 7.30. The zero-order valence-corrected chi connectivity index (χ0v) is 11.9. The van der Waals surface area contributed by atoms with Crippen LogP contribution in [0.2, 0.25) is 0 Å². The molecule has 0 amide bonds. The number of benzene rings is 1. The normalized spacial score (nSPS) is 12.2. The van der Waals surface area contributed by atoms with Crippen molar-refractivity contribution in [2.75, 3.05) is 16.8 Å². The molecule has 1 unspecified atom stereocenters. The number of hydrogen-bond acceptors (Lipinski definition) is 4. The second-order valence-corrected chi connectivity index (χ2v) is 5.65. The minimum absolute atomic E-state index is 0.187. The van der Waals surface area contributed by atoms with Crippen molar-refractivity contribution in [1.29, 1.82) is 0 Å². The number of nitro benzene ring substituents is 1. The molecule has 0 aliphatic rings. The largest absolute Gasteiger partial charge is 0.377 e. The smallest absolute Gasteiger partial charge is 0.295 e. The molecular formula is C13H20N2O2S. The molecule has 0 saturated heterocycles. The Balaban J connectivity index is 2.72. The lowest BCUT2D eigenvalue weighted by molar-refractivity contribution is -0.384. The molecule has 0 aliphatic heterocycles. The molecule has 1 rings (SSSR count). The van der Waals surface area contributed by atoms with Crippen LogP contribution >= 0.6 is 11.8 Å². The van der Waals surface area contributed by atoms with Crippen LogP contribution in [0.25, 0.3) is 0 Å². The lowest BCUT2D eigenvalue weighted by Crippen LogP contribution is -2.17. The van der Waals surface area contributed by atoms with Crippen LogP contribution in [0.15, 0.2) is 18.2 Å². The van der Waals surface area contributed by atoms with Crippen LogP contribution in [-0.2, 0) is 0 Å². The molecule has 5 heteroatoms. The summed E-state index contributed by atoms with van der Waals surface area (Å²) in [6.07, 6.45) is 1.00. The third-order valence-electron chi connectivity index (χ3n) is 2.72. The van der Waals surface area contributed by atoms with Gasteiger partial charge in [0.05, 0.1) is 4.92 Å². The zero-order valence-electron chi connectivity index (χ0n) is 11.1. The summed E-state index contributed by atoms with van der Waals surface area (Å²) in [5.74, 6) is 2.18. The highest BCUT2D eigenvalue weighted by molar-refractivity contribution is 7.99. The third-order valence-corrected chi connectivity index (χ3v) is 3.65. The fraction of sp³-hybridized carbons (Fsp3) is 0.538. The average Bonchev–Trinajstić information content (AvgIpc) is 2.28. The van der Waals surface area contributed by atoms with Crippen LogP contribution in [0.4, 0.5) is 11.4 Å². The van der Waals surface area contributed by atoms with Gasteiger partial charge in [-0.3, -0.25) is 10.1 Å². The van der Waals surface area contributed by atoms with Gasteiger partial charge in [-0.25, -0.2) is 0 Å². The summed E-state index contributed by atoms with van der Waals surface area (Å²) in [7, 11) is 0. The van der Waals surface area contributed by atoms with Crippen LogP contribution in [-0.4, -0.2) is 22.5 Å². The zero-order chi connectivity index (χ0) is 13.5. The first-order chi connectivity index (χ1) is 8.56. The Morgan fingerprint density at radius 2 is 2.22 bits per heavy atom. The summed E-state index contributed by atoms with van der Waals surface area (Å²) in [6.45, 7) is 5.96. The molecule has 1 atom stereocenters. The maximum absolute atomic E-state index is 11.0. The number of nitro groups is 1. The van der Waals surface area contributed by atoms with Gasteiger partial charge in [-0.15, -0.1) is 0 Å². The van der Waals surface area contributed by atoms with Crippen molar-refractivity contribution in [2.45, 2.75) is 33.2 Å². The van der Waals surface area contributed by atoms with E-state index in [1.807, 2.05) is 17.8 Å². The summed E-state index contributed by atoms with van der Waals surface area (Å²) < 4.78 is 0. The second kappa shape index (κ2) is 7.26. The number of hydrogen-bond donors (Lipinski definition) is 1. The minimum Gasteiger partial charge on any atom is -0.377 e. The molecule has 0 fully saturated rings. The molecule has 0 aliphatic carbocycles. The molecule has 18 heavy (non-hydrogen) atoms. The van der Waals surface area contributed by atoms with Gasteiger partial charge in [-0.1, -0.05) is 19.1 Å². The van der Waals surface area contributed by atoms with Gasteiger partial charge in [-0.05, 0) is 37.8 Å². The Bertz CT molecular complexity index is 410. The Labute approximate surface area is 112 Å². The van der Waals surface area contributed by atoms with Gasteiger partial charge >= 0.3 is 0 Å². The van der Waals surface area contributed by atoms with Gasteiger partial charge < -0.3 is 5.32 Å². The molecule has 0 radical (unpaired) electrons. The summed E-state index contributed by atoms with van der Waals surface area (Å²) >= 11 is 1.89. The molecular weight excluding hydrogens is 248 g/mol. The van der Waals surface area contributed by atoms with E-state index in [1.54, 1.807) is 19.1 Å². The number of nitrogens with zero attached hydrogens (tertiary/aromatic N) is 1. The van der Waals surface area contributed by atoms with Crippen molar-refractivity contribution in [3.63, 3.8) is 0 Å². The maximum atomic E-state index is 11.0. The molecule has 1 N–H and O–H groups in total. The number of nitrogens with one attached hydrogen (secondary N) is 1. The molecule has 1 aromatic carbocycles. The summed E-state index contributed by atoms with van der Waals surface area (Å²) in [4.78, 5) is 10.7. The van der Waals surface area contributed by atoms with Crippen molar-refractivity contribution in [2.24, 2.45) is 0 Å². The number of anilines is 1.